The molecule has 0 bridgehead atoms. The van der Waals surface area contributed by atoms with Crippen molar-refractivity contribution >= 4 is 34.3 Å². The maximum absolute atomic E-state index is 9.90. The zero-order chi connectivity index (χ0) is 28.5. The predicted octanol–water partition coefficient (Wildman–Crippen LogP) is 4.12. The average molecular weight is 540 g/mol. The lowest BCUT2D eigenvalue weighted by molar-refractivity contribution is -0.139. The van der Waals surface area contributed by atoms with Crippen LogP contribution < -0.4 is 14.8 Å². The van der Waals surface area contributed by atoms with Gasteiger partial charge in [-0.05, 0) is 37.1 Å². The normalized spacial score (nSPS) is 10.2. The van der Waals surface area contributed by atoms with E-state index in [1.807, 2.05) is 36.4 Å². The van der Waals surface area contributed by atoms with Gasteiger partial charge in [-0.3, -0.25) is 9.59 Å². The summed E-state index contributed by atoms with van der Waals surface area (Å²) in [6.07, 6.45) is 8.01. The molecule has 0 spiro atoms. The molecule has 0 amide bonds. The Morgan fingerprint density at radius 2 is 1.51 bits per heavy atom. The molecule has 0 atom stereocenters. The number of aromatic nitrogens is 2. The summed E-state index contributed by atoms with van der Waals surface area (Å²) >= 11 is 0. The smallest absolute Gasteiger partial charge is 0.303 e. The van der Waals surface area contributed by atoms with Gasteiger partial charge in [-0.1, -0.05) is 12.0 Å². The van der Waals surface area contributed by atoms with Gasteiger partial charge >= 0.3 is 11.9 Å². The number of nitrogens with one attached hydrogen (secondary N) is 1. The minimum atomic E-state index is -0.870. The molecule has 39 heavy (non-hydrogen) atoms. The Bertz CT molecular complexity index is 1240. The number of benzene rings is 2. The fraction of sp³-hybridized carbons (Fsp3) is 0.357. The van der Waals surface area contributed by atoms with Crippen molar-refractivity contribution < 1.29 is 38.7 Å². The highest BCUT2D eigenvalue weighted by molar-refractivity contribution is 5.93. The molecule has 11 nitrogen and oxygen atoms in total. The van der Waals surface area contributed by atoms with Crippen molar-refractivity contribution in [3.63, 3.8) is 0 Å². The molecule has 1 aromatic heterocycles. The van der Waals surface area contributed by atoms with Crippen LogP contribution in [-0.4, -0.2) is 72.8 Å². The van der Waals surface area contributed by atoms with Crippen LogP contribution in [-0.2, 0) is 19.1 Å². The molecule has 208 valence electrons. The third kappa shape index (κ3) is 11.3. The second-order valence-electron chi connectivity index (χ2n) is 8.07. The summed E-state index contributed by atoms with van der Waals surface area (Å²) in [5, 5.41) is 20.4. The predicted molar refractivity (Wildman–Crippen MR) is 146 cm³/mol. The molecule has 3 aromatic rings. The number of unbranched alkanes of at least 4 members (excludes halogenated alkanes) is 1. The zero-order valence-electron chi connectivity index (χ0n) is 22.0. The maximum atomic E-state index is 9.90. The lowest BCUT2D eigenvalue weighted by atomic mass is 10.2. The Hall–Kier alpha value is -4.40. The summed E-state index contributed by atoms with van der Waals surface area (Å²) in [6.45, 7) is 1.73. The van der Waals surface area contributed by atoms with Gasteiger partial charge in [0, 0.05) is 49.8 Å². The fourth-order valence-electron chi connectivity index (χ4n) is 3.24. The summed E-state index contributed by atoms with van der Waals surface area (Å²) in [4.78, 5) is 28.5. The van der Waals surface area contributed by atoms with E-state index in [1.165, 1.54) is 6.33 Å². The first-order valence-corrected chi connectivity index (χ1v) is 12.2. The molecule has 0 aliphatic heterocycles. The van der Waals surface area contributed by atoms with Crippen LogP contribution in [0, 0.1) is 12.3 Å². The molecule has 0 saturated carbocycles. The molecule has 3 N–H and O–H groups in total. The number of aliphatic carboxylic acids is 2. The molecule has 11 heteroatoms. The van der Waals surface area contributed by atoms with E-state index >= 15 is 0 Å². The molecule has 3 rings (SSSR count). The molecular formula is C28H33N3O8. The van der Waals surface area contributed by atoms with Crippen LogP contribution >= 0.6 is 0 Å². The second kappa shape index (κ2) is 17.2. The van der Waals surface area contributed by atoms with Gasteiger partial charge in [0.2, 0.25) is 0 Å². The van der Waals surface area contributed by atoms with Crippen LogP contribution in [0.4, 0.5) is 11.5 Å². The highest BCUT2D eigenvalue weighted by Crippen LogP contribution is 2.35. The average Bonchev–Trinajstić information content (AvgIpc) is 2.92. The van der Waals surface area contributed by atoms with E-state index in [0.717, 1.165) is 22.2 Å². The van der Waals surface area contributed by atoms with Crippen LogP contribution in [0.5, 0.6) is 11.5 Å². The Morgan fingerprint density at radius 1 is 0.897 bits per heavy atom. The molecule has 0 radical (unpaired) electrons. The van der Waals surface area contributed by atoms with Crippen LogP contribution in [0.1, 0.15) is 31.2 Å². The van der Waals surface area contributed by atoms with Crippen LogP contribution in [0.3, 0.4) is 0 Å². The van der Waals surface area contributed by atoms with Crippen LogP contribution in [0.2, 0.25) is 0 Å². The number of carboxylic acid groups (broad SMARTS) is 2. The Morgan fingerprint density at radius 3 is 2.08 bits per heavy atom. The van der Waals surface area contributed by atoms with E-state index in [0.29, 0.717) is 56.6 Å². The number of carbonyl (C=O) groups is 2. The number of carboxylic acids is 2. The van der Waals surface area contributed by atoms with E-state index in [2.05, 4.69) is 21.2 Å². The lowest BCUT2D eigenvalue weighted by Gasteiger charge is -2.15. The first kappa shape index (κ1) is 30.8. The third-order valence-corrected chi connectivity index (χ3v) is 5.11. The van der Waals surface area contributed by atoms with Crippen LogP contribution in [0.15, 0.2) is 42.7 Å². The number of methoxy groups -OCH3 is 2. The highest BCUT2D eigenvalue weighted by atomic mass is 16.5. The molecule has 0 aliphatic carbocycles. The minimum Gasteiger partial charge on any atom is -0.487 e. The molecule has 2 aromatic carbocycles. The van der Waals surface area contributed by atoms with Crippen LogP contribution in [0.25, 0.3) is 10.9 Å². The summed E-state index contributed by atoms with van der Waals surface area (Å²) in [6, 6.07) is 11.3. The molecule has 1 heterocycles. The Kier molecular flexibility index (Phi) is 13.6. The lowest BCUT2D eigenvalue weighted by Crippen LogP contribution is -2.09. The first-order valence-electron chi connectivity index (χ1n) is 12.2. The largest absolute Gasteiger partial charge is 0.487 e. The van der Waals surface area contributed by atoms with Crippen molar-refractivity contribution in [1.82, 2.24) is 9.97 Å². The Balaban J connectivity index is 0.000000455. The van der Waals surface area contributed by atoms with Crippen molar-refractivity contribution in [2.45, 2.75) is 25.7 Å². The summed E-state index contributed by atoms with van der Waals surface area (Å²) in [7, 11) is 3.25. The van der Waals surface area contributed by atoms with Crippen molar-refractivity contribution in [1.29, 1.82) is 0 Å². The number of fused-ring (bicyclic) bond motifs is 1. The van der Waals surface area contributed by atoms with Gasteiger partial charge < -0.3 is 34.5 Å². The van der Waals surface area contributed by atoms with E-state index in [4.69, 9.17) is 35.6 Å². The van der Waals surface area contributed by atoms with Gasteiger partial charge in [-0.15, -0.1) is 6.42 Å². The number of terminal acetylenes is 1. The molecule has 0 aliphatic rings. The quantitative estimate of drug-likeness (QED) is 0.189. The van der Waals surface area contributed by atoms with E-state index in [-0.39, 0.29) is 12.8 Å². The van der Waals surface area contributed by atoms with Gasteiger partial charge in [-0.25, -0.2) is 9.97 Å². The maximum Gasteiger partial charge on any atom is 0.303 e. The van der Waals surface area contributed by atoms with Gasteiger partial charge in [0.15, 0.2) is 11.5 Å². The van der Waals surface area contributed by atoms with Gasteiger partial charge in [0.05, 0.1) is 18.7 Å². The number of ether oxygens (including phenoxy) is 4. The summed E-state index contributed by atoms with van der Waals surface area (Å²) < 4.78 is 21.8. The van der Waals surface area contributed by atoms with E-state index in [9.17, 15) is 9.59 Å². The van der Waals surface area contributed by atoms with Crippen molar-refractivity contribution in [3.8, 4) is 23.8 Å². The monoisotopic (exact) mass is 539 g/mol. The topological polar surface area (TPSA) is 149 Å². The fourth-order valence-corrected chi connectivity index (χ4v) is 3.24. The number of anilines is 2. The summed E-state index contributed by atoms with van der Waals surface area (Å²) in [5.41, 5.74) is 2.34. The van der Waals surface area contributed by atoms with Crippen molar-refractivity contribution in [3.05, 3.63) is 48.3 Å². The molecular weight excluding hydrogens is 506 g/mol. The SMILES string of the molecule is C#Cc1cccc(Nc2ncnc3cc(OCCOC)c(OCCOC)cc23)c1.O=C(O)CCCCC(=O)O. The third-order valence-electron chi connectivity index (χ3n) is 5.11. The van der Waals surface area contributed by atoms with Gasteiger partial charge in [0.1, 0.15) is 25.4 Å². The van der Waals surface area contributed by atoms with Crippen molar-refractivity contribution in [2.75, 3.05) is 46.0 Å². The highest BCUT2D eigenvalue weighted by Gasteiger charge is 2.13. The second-order valence-corrected chi connectivity index (χ2v) is 8.07. The van der Waals surface area contributed by atoms with Crippen molar-refractivity contribution in [2.24, 2.45) is 0 Å². The molecule has 0 saturated heterocycles. The molecule has 0 unspecified atom stereocenters. The number of rotatable bonds is 15. The molecule has 0 fully saturated rings. The first-order chi connectivity index (χ1) is 18.9. The number of hydrogen-bond donors (Lipinski definition) is 3. The standard InChI is InChI=1S/C22H23N3O4.C6H10O4/c1-4-16-6-5-7-17(12-16)25-22-18-13-20(28-10-8-26-2)21(29-11-9-27-3)14-19(18)23-15-24-22;7-5(8)3-1-2-4-6(9)10/h1,5-7,12-15H,8-11H2,2-3H3,(H,23,24,25);1-4H2,(H,7,8)(H,9,10). The summed E-state index contributed by atoms with van der Waals surface area (Å²) in [5.74, 6) is 2.70. The number of hydrogen-bond acceptors (Lipinski definition) is 9. The zero-order valence-corrected chi connectivity index (χ0v) is 22.0. The van der Waals surface area contributed by atoms with E-state index in [1.54, 1.807) is 14.2 Å². The van der Waals surface area contributed by atoms with E-state index < -0.39 is 11.9 Å². The van der Waals surface area contributed by atoms with Gasteiger partial charge in [0.25, 0.3) is 0 Å². The minimum absolute atomic E-state index is 0.0628. The van der Waals surface area contributed by atoms with Gasteiger partial charge in [-0.2, -0.15) is 0 Å². The number of nitrogens with zero attached hydrogens (tertiary/aromatic N) is 2. The Labute approximate surface area is 227 Å².